The Morgan fingerprint density at radius 3 is 2.79 bits per heavy atom. The molecule has 1 amide bonds. The molecule has 100 valence electrons. The number of nitrogens with one attached hydrogen (secondary N) is 1. The van der Waals surface area contributed by atoms with Gasteiger partial charge in [-0.1, -0.05) is 29.5 Å². The fourth-order valence-electron chi connectivity index (χ4n) is 1.57. The molecule has 2 rings (SSSR count). The number of carbonyl (C=O) groups excluding carboxylic acids is 1. The van der Waals surface area contributed by atoms with Crippen molar-refractivity contribution in [3.63, 3.8) is 0 Å². The molecular weight excluding hydrogens is 278 g/mol. The van der Waals surface area contributed by atoms with E-state index in [1.807, 2.05) is 38.1 Å². The highest BCUT2D eigenvalue weighted by molar-refractivity contribution is 8.01. The molecule has 4 nitrogen and oxygen atoms in total. The highest BCUT2D eigenvalue weighted by atomic mass is 32.2. The SMILES string of the molecule is Cc1ccccc1NC(=O)CSc1sc(N)nc1C. The van der Waals surface area contributed by atoms with Gasteiger partial charge in [-0.3, -0.25) is 4.79 Å². The zero-order chi connectivity index (χ0) is 13.8. The number of hydrogen-bond donors (Lipinski definition) is 2. The number of nitrogens with zero attached hydrogens (tertiary/aromatic N) is 1. The molecular formula is C13H15N3OS2. The lowest BCUT2D eigenvalue weighted by Crippen LogP contribution is -2.14. The van der Waals surface area contributed by atoms with Crippen molar-refractivity contribution in [1.29, 1.82) is 0 Å². The van der Waals surface area contributed by atoms with Crippen LogP contribution in [0.5, 0.6) is 0 Å². The van der Waals surface area contributed by atoms with E-state index in [2.05, 4.69) is 10.3 Å². The third-order valence-corrected chi connectivity index (χ3v) is 4.87. The molecule has 0 aliphatic heterocycles. The van der Waals surface area contributed by atoms with Crippen LogP contribution < -0.4 is 11.1 Å². The van der Waals surface area contributed by atoms with Gasteiger partial charge in [0.05, 0.1) is 15.7 Å². The van der Waals surface area contributed by atoms with Gasteiger partial charge < -0.3 is 11.1 Å². The van der Waals surface area contributed by atoms with Crippen molar-refractivity contribution in [1.82, 2.24) is 4.98 Å². The predicted molar refractivity (Wildman–Crippen MR) is 81.8 cm³/mol. The average Bonchev–Trinajstić information content (AvgIpc) is 2.68. The number of benzene rings is 1. The zero-order valence-corrected chi connectivity index (χ0v) is 12.4. The smallest absolute Gasteiger partial charge is 0.234 e. The Morgan fingerprint density at radius 1 is 1.42 bits per heavy atom. The van der Waals surface area contributed by atoms with E-state index in [4.69, 9.17) is 5.73 Å². The Kier molecular flexibility index (Phi) is 4.44. The summed E-state index contributed by atoms with van der Waals surface area (Å²) in [4.78, 5) is 16.0. The number of anilines is 2. The van der Waals surface area contributed by atoms with Crippen LogP contribution in [0.25, 0.3) is 0 Å². The Hall–Kier alpha value is -1.53. The van der Waals surface area contributed by atoms with E-state index in [0.717, 1.165) is 21.2 Å². The third-order valence-electron chi connectivity index (χ3n) is 2.52. The fraction of sp³-hybridized carbons (Fsp3) is 0.231. The van der Waals surface area contributed by atoms with Gasteiger partial charge in [-0.2, -0.15) is 0 Å². The summed E-state index contributed by atoms with van der Waals surface area (Å²) in [5.41, 5.74) is 8.42. The molecule has 1 aromatic heterocycles. The molecule has 3 N–H and O–H groups in total. The van der Waals surface area contributed by atoms with E-state index in [-0.39, 0.29) is 5.91 Å². The van der Waals surface area contributed by atoms with Crippen molar-refractivity contribution in [3.8, 4) is 0 Å². The van der Waals surface area contributed by atoms with Gasteiger partial charge in [0.1, 0.15) is 0 Å². The number of hydrogen-bond acceptors (Lipinski definition) is 5. The van der Waals surface area contributed by atoms with E-state index in [9.17, 15) is 4.79 Å². The van der Waals surface area contributed by atoms with Crippen LogP contribution in [-0.4, -0.2) is 16.6 Å². The predicted octanol–water partition coefficient (Wildman–Crippen LogP) is 3.07. The minimum Gasteiger partial charge on any atom is -0.375 e. The van der Waals surface area contributed by atoms with Crippen LogP contribution >= 0.6 is 23.1 Å². The Bertz CT molecular complexity index is 595. The Balaban J connectivity index is 1.92. The van der Waals surface area contributed by atoms with Crippen LogP contribution in [0, 0.1) is 13.8 Å². The Morgan fingerprint density at radius 2 is 2.16 bits per heavy atom. The summed E-state index contributed by atoms with van der Waals surface area (Å²) in [5, 5.41) is 3.44. The van der Waals surface area contributed by atoms with Crippen LogP contribution in [0.15, 0.2) is 28.5 Å². The second-order valence-corrected chi connectivity index (χ2v) is 6.35. The number of thiazole rings is 1. The van der Waals surface area contributed by atoms with Crippen LogP contribution in [0.4, 0.5) is 10.8 Å². The van der Waals surface area contributed by atoms with Gasteiger partial charge in [-0.25, -0.2) is 4.98 Å². The molecule has 0 radical (unpaired) electrons. The summed E-state index contributed by atoms with van der Waals surface area (Å²) in [5.74, 6) is 0.335. The lowest BCUT2D eigenvalue weighted by molar-refractivity contribution is -0.113. The van der Waals surface area contributed by atoms with Crippen molar-refractivity contribution < 1.29 is 4.79 Å². The lowest BCUT2D eigenvalue weighted by Gasteiger charge is -2.07. The number of nitrogens with two attached hydrogens (primary N) is 1. The number of nitrogen functional groups attached to an aromatic ring is 1. The van der Waals surface area contributed by atoms with Gasteiger partial charge in [0.2, 0.25) is 5.91 Å². The number of rotatable bonds is 4. The van der Waals surface area contributed by atoms with Crippen molar-refractivity contribution in [2.45, 2.75) is 18.1 Å². The topological polar surface area (TPSA) is 68.0 Å². The quantitative estimate of drug-likeness (QED) is 0.850. The number of carbonyl (C=O) groups is 1. The van der Waals surface area contributed by atoms with Crippen molar-refractivity contribution in [2.75, 3.05) is 16.8 Å². The van der Waals surface area contributed by atoms with Crippen molar-refractivity contribution >= 4 is 39.8 Å². The van der Waals surface area contributed by atoms with E-state index in [1.54, 1.807) is 0 Å². The summed E-state index contributed by atoms with van der Waals surface area (Å²) >= 11 is 2.88. The molecule has 0 spiro atoms. The first-order chi connectivity index (χ1) is 9.06. The average molecular weight is 293 g/mol. The summed E-state index contributed by atoms with van der Waals surface area (Å²) in [6, 6.07) is 7.72. The molecule has 1 heterocycles. The molecule has 0 bridgehead atoms. The van der Waals surface area contributed by atoms with Gasteiger partial charge in [0.25, 0.3) is 0 Å². The van der Waals surface area contributed by atoms with Crippen LogP contribution in [-0.2, 0) is 4.79 Å². The molecule has 6 heteroatoms. The normalized spacial score (nSPS) is 10.4. The second kappa shape index (κ2) is 6.08. The monoisotopic (exact) mass is 293 g/mol. The molecule has 0 saturated heterocycles. The molecule has 1 aromatic carbocycles. The van der Waals surface area contributed by atoms with Gasteiger partial charge in [0.15, 0.2) is 5.13 Å². The summed E-state index contributed by atoms with van der Waals surface area (Å²) in [6.07, 6.45) is 0. The molecule has 2 aromatic rings. The minimum atomic E-state index is -0.0225. The van der Waals surface area contributed by atoms with Gasteiger partial charge >= 0.3 is 0 Å². The number of aryl methyl sites for hydroxylation is 2. The lowest BCUT2D eigenvalue weighted by atomic mass is 10.2. The van der Waals surface area contributed by atoms with Gasteiger partial charge in [0, 0.05) is 5.69 Å². The first-order valence-electron chi connectivity index (χ1n) is 5.77. The highest BCUT2D eigenvalue weighted by Crippen LogP contribution is 2.30. The van der Waals surface area contributed by atoms with Crippen molar-refractivity contribution in [3.05, 3.63) is 35.5 Å². The first kappa shape index (κ1) is 13.9. The number of amides is 1. The number of para-hydroxylation sites is 1. The molecule has 0 saturated carbocycles. The summed E-state index contributed by atoms with van der Waals surface area (Å²) in [7, 11) is 0. The third kappa shape index (κ3) is 3.71. The van der Waals surface area contributed by atoms with Crippen molar-refractivity contribution in [2.24, 2.45) is 0 Å². The molecule has 19 heavy (non-hydrogen) atoms. The maximum atomic E-state index is 11.9. The molecule has 0 fully saturated rings. The summed E-state index contributed by atoms with van der Waals surface area (Å²) in [6.45, 7) is 3.87. The number of thioether (sulfide) groups is 1. The van der Waals surface area contributed by atoms with E-state index in [0.29, 0.717) is 10.9 Å². The van der Waals surface area contributed by atoms with E-state index < -0.39 is 0 Å². The molecule has 0 aliphatic carbocycles. The fourth-order valence-corrected chi connectivity index (χ4v) is 3.39. The second-order valence-electron chi connectivity index (χ2n) is 4.08. The zero-order valence-electron chi connectivity index (χ0n) is 10.8. The van der Waals surface area contributed by atoms with E-state index >= 15 is 0 Å². The summed E-state index contributed by atoms with van der Waals surface area (Å²) < 4.78 is 0.998. The van der Waals surface area contributed by atoms with Crippen LogP contribution in [0.1, 0.15) is 11.3 Å². The molecule has 0 unspecified atom stereocenters. The number of aromatic nitrogens is 1. The van der Waals surface area contributed by atoms with Gasteiger partial charge in [-0.15, -0.1) is 11.8 Å². The standard InChI is InChI=1S/C13H15N3OS2/c1-8-5-3-4-6-10(8)16-11(17)7-18-12-9(2)15-13(14)19-12/h3-6H,7H2,1-2H3,(H2,14,15)(H,16,17). The van der Waals surface area contributed by atoms with Gasteiger partial charge in [-0.05, 0) is 25.5 Å². The first-order valence-corrected chi connectivity index (χ1v) is 7.57. The largest absolute Gasteiger partial charge is 0.375 e. The van der Waals surface area contributed by atoms with Crippen LogP contribution in [0.3, 0.4) is 0 Å². The molecule has 0 atom stereocenters. The maximum absolute atomic E-state index is 11.9. The maximum Gasteiger partial charge on any atom is 0.234 e. The Labute approximate surface area is 120 Å². The minimum absolute atomic E-state index is 0.0225. The van der Waals surface area contributed by atoms with E-state index in [1.165, 1.54) is 23.1 Å². The van der Waals surface area contributed by atoms with Crippen LogP contribution in [0.2, 0.25) is 0 Å². The highest BCUT2D eigenvalue weighted by Gasteiger charge is 2.09. The molecule has 0 aliphatic rings.